The molecule has 1 atom stereocenters. The zero-order valence-electron chi connectivity index (χ0n) is 12.3. The van der Waals surface area contributed by atoms with E-state index in [1.165, 1.54) is 19.1 Å². The SMILES string of the molecule is CC1=C(C#N)C(=O)NC(=O)C1C=NNc1cccc(C(F)(F)F)c1. The maximum absolute atomic E-state index is 12.6. The van der Waals surface area contributed by atoms with Gasteiger partial charge in [-0.15, -0.1) is 0 Å². The largest absolute Gasteiger partial charge is 0.416 e. The second-order valence-electron chi connectivity index (χ2n) is 4.93. The fourth-order valence-corrected chi connectivity index (χ4v) is 2.05. The third-order valence-corrected chi connectivity index (χ3v) is 3.33. The summed E-state index contributed by atoms with van der Waals surface area (Å²) < 4.78 is 37.8. The van der Waals surface area contributed by atoms with Crippen molar-refractivity contribution in [1.29, 1.82) is 5.26 Å². The van der Waals surface area contributed by atoms with Crippen LogP contribution in [0.15, 0.2) is 40.5 Å². The average Bonchev–Trinajstić information content (AvgIpc) is 2.50. The fourth-order valence-electron chi connectivity index (χ4n) is 2.05. The monoisotopic (exact) mass is 336 g/mol. The Morgan fingerprint density at radius 2 is 2.08 bits per heavy atom. The molecule has 24 heavy (non-hydrogen) atoms. The summed E-state index contributed by atoms with van der Waals surface area (Å²) in [7, 11) is 0. The molecule has 0 saturated carbocycles. The molecule has 1 unspecified atom stereocenters. The van der Waals surface area contributed by atoms with Gasteiger partial charge in [0, 0.05) is 6.21 Å². The molecule has 124 valence electrons. The highest BCUT2D eigenvalue weighted by atomic mass is 19.4. The van der Waals surface area contributed by atoms with E-state index in [-0.39, 0.29) is 16.8 Å². The summed E-state index contributed by atoms with van der Waals surface area (Å²) in [6.45, 7) is 1.44. The van der Waals surface area contributed by atoms with Crippen LogP contribution >= 0.6 is 0 Å². The van der Waals surface area contributed by atoms with E-state index < -0.39 is 29.5 Å². The first-order chi connectivity index (χ1) is 11.2. The Bertz CT molecular complexity index is 791. The van der Waals surface area contributed by atoms with Crippen LogP contribution in [-0.2, 0) is 15.8 Å². The lowest BCUT2D eigenvalue weighted by atomic mass is 9.92. The minimum atomic E-state index is -4.48. The van der Waals surface area contributed by atoms with Crippen molar-refractivity contribution in [2.75, 3.05) is 5.43 Å². The summed E-state index contributed by atoms with van der Waals surface area (Å²) in [5, 5.41) is 14.6. The number of nitrogens with zero attached hydrogens (tertiary/aromatic N) is 2. The van der Waals surface area contributed by atoms with Crippen LogP contribution in [0.2, 0.25) is 0 Å². The number of imide groups is 1. The molecule has 1 aliphatic heterocycles. The molecule has 1 aromatic carbocycles. The molecule has 0 bridgehead atoms. The van der Waals surface area contributed by atoms with Gasteiger partial charge in [-0.3, -0.25) is 20.3 Å². The van der Waals surface area contributed by atoms with Crippen molar-refractivity contribution in [3.05, 3.63) is 41.0 Å². The number of hydrazone groups is 1. The van der Waals surface area contributed by atoms with Crippen LogP contribution in [0, 0.1) is 17.2 Å². The van der Waals surface area contributed by atoms with Gasteiger partial charge in [-0.2, -0.15) is 23.5 Å². The lowest BCUT2D eigenvalue weighted by Crippen LogP contribution is -2.42. The maximum Gasteiger partial charge on any atom is 0.416 e. The lowest BCUT2D eigenvalue weighted by Gasteiger charge is -2.19. The van der Waals surface area contributed by atoms with Gasteiger partial charge in [-0.25, -0.2) is 0 Å². The number of nitrogens with one attached hydrogen (secondary N) is 2. The van der Waals surface area contributed by atoms with E-state index in [0.29, 0.717) is 0 Å². The van der Waals surface area contributed by atoms with Crippen LogP contribution in [0.4, 0.5) is 18.9 Å². The second kappa shape index (κ2) is 6.54. The maximum atomic E-state index is 12.6. The van der Waals surface area contributed by atoms with Crippen LogP contribution in [0.1, 0.15) is 12.5 Å². The Morgan fingerprint density at radius 3 is 2.71 bits per heavy atom. The average molecular weight is 336 g/mol. The van der Waals surface area contributed by atoms with Crippen LogP contribution in [0.5, 0.6) is 0 Å². The van der Waals surface area contributed by atoms with E-state index in [2.05, 4.69) is 10.5 Å². The van der Waals surface area contributed by atoms with Gasteiger partial charge in [0.05, 0.1) is 17.2 Å². The quantitative estimate of drug-likeness (QED) is 0.503. The molecule has 1 aromatic rings. The topological polar surface area (TPSA) is 94.4 Å². The minimum Gasteiger partial charge on any atom is -0.291 e. The first-order valence-corrected chi connectivity index (χ1v) is 6.66. The number of carbonyl (C=O) groups is 2. The van der Waals surface area contributed by atoms with Gasteiger partial charge < -0.3 is 0 Å². The van der Waals surface area contributed by atoms with Crippen molar-refractivity contribution >= 4 is 23.7 Å². The molecule has 0 fully saturated rings. The lowest BCUT2D eigenvalue weighted by molar-refractivity contribution is -0.137. The number of amides is 2. The Kier molecular flexibility index (Phi) is 4.69. The molecule has 1 heterocycles. The summed E-state index contributed by atoms with van der Waals surface area (Å²) in [4.78, 5) is 23.2. The molecule has 9 heteroatoms. The smallest absolute Gasteiger partial charge is 0.291 e. The van der Waals surface area contributed by atoms with Crippen molar-refractivity contribution < 1.29 is 22.8 Å². The number of hydrogen-bond donors (Lipinski definition) is 2. The molecule has 2 N–H and O–H groups in total. The van der Waals surface area contributed by atoms with Crippen molar-refractivity contribution in [2.45, 2.75) is 13.1 Å². The first-order valence-electron chi connectivity index (χ1n) is 6.66. The first kappa shape index (κ1) is 17.2. The molecule has 0 spiro atoms. The molecular formula is C15H11F3N4O2. The summed E-state index contributed by atoms with van der Waals surface area (Å²) in [6, 6.07) is 6.07. The van der Waals surface area contributed by atoms with Crippen LogP contribution in [-0.4, -0.2) is 18.0 Å². The van der Waals surface area contributed by atoms with Gasteiger partial charge in [0.15, 0.2) is 0 Å². The number of rotatable bonds is 3. The highest BCUT2D eigenvalue weighted by Crippen LogP contribution is 2.30. The number of hydrogen-bond acceptors (Lipinski definition) is 5. The highest BCUT2D eigenvalue weighted by Gasteiger charge is 2.32. The number of anilines is 1. The Labute approximate surface area is 134 Å². The molecule has 0 aromatic heterocycles. The number of nitriles is 1. The Hall–Kier alpha value is -3.15. The van der Waals surface area contributed by atoms with Crippen LogP contribution < -0.4 is 10.7 Å². The molecule has 2 rings (SSSR count). The van der Waals surface area contributed by atoms with E-state index in [1.807, 2.05) is 5.32 Å². The highest BCUT2D eigenvalue weighted by molar-refractivity contribution is 6.15. The molecule has 2 amide bonds. The summed E-state index contributed by atoms with van der Waals surface area (Å²) in [5.74, 6) is -2.41. The summed E-state index contributed by atoms with van der Waals surface area (Å²) in [5.41, 5.74) is 1.66. The molecular weight excluding hydrogens is 325 g/mol. The van der Waals surface area contributed by atoms with Crippen molar-refractivity contribution in [3.63, 3.8) is 0 Å². The number of carbonyl (C=O) groups excluding carboxylic acids is 2. The van der Waals surface area contributed by atoms with Crippen LogP contribution in [0.25, 0.3) is 0 Å². The van der Waals surface area contributed by atoms with Gasteiger partial charge in [0.1, 0.15) is 11.6 Å². The number of alkyl halides is 3. The second-order valence-corrected chi connectivity index (χ2v) is 4.93. The van der Waals surface area contributed by atoms with Crippen LogP contribution in [0.3, 0.4) is 0 Å². The summed E-state index contributed by atoms with van der Waals surface area (Å²) in [6.07, 6.45) is -3.36. The van der Waals surface area contributed by atoms with Crippen molar-refractivity contribution in [3.8, 4) is 6.07 Å². The normalized spacial score (nSPS) is 18.5. The molecule has 6 nitrogen and oxygen atoms in total. The van der Waals surface area contributed by atoms with Gasteiger partial charge in [-0.1, -0.05) is 6.07 Å². The van der Waals surface area contributed by atoms with Crippen molar-refractivity contribution in [1.82, 2.24) is 5.32 Å². The molecule has 1 aliphatic rings. The molecule has 0 saturated heterocycles. The van der Waals surface area contributed by atoms with Gasteiger partial charge in [-0.05, 0) is 30.7 Å². The van der Waals surface area contributed by atoms with E-state index in [1.54, 1.807) is 6.07 Å². The Balaban J connectivity index is 2.17. The van der Waals surface area contributed by atoms with Gasteiger partial charge in [0.25, 0.3) is 5.91 Å². The Morgan fingerprint density at radius 1 is 1.38 bits per heavy atom. The third-order valence-electron chi connectivity index (χ3n) is 3.33. The number of benzene rings is 1. The minimum absolute atomic E-state index is 0.0792. The van der Waals surface area contributed by atoms with Crippen molar-refractivity contribution in [2.24, 2.45) is 11.0 Å². The fraction of sp³-hybridized carbons (Fsp3) is 0.200. The van der Waals surface area contributed by atoms with Gasteiger partial charge >= 0.3 is 6.18 Å². The van der Waals surface area contributed by atoms with E-state index >= 15 is 0 Å². The third kappa shape index (κ3) is 3.60. The van der Waals surface area contributed by atoms with E-state index in [9.17, 15) is 22.8 Å². The standard InChI is InChI=1S/C15H11F3N4O2/c1-8-11(6-19)13(23)21-14(24)12(8)7-20-22-10-4-2-3-9(5-10)15(16,17)18/h2-5,7,12,22H,1H3,(H,21,23,24). The van der Waals surface area contributed by atoms with E-state index in [0.717, 1.165) is 18.3 Å². The zero-order valence-corrected chi connectivity index (χ0v) is 12.3. The molecule has 0 radical (unpaired) electrons. The predicted molar refractivity (Wildman–Crippen MR) is 78.5 cm³/mol. The number of halogens is 3. The zero-order chi connectivity index (χ0) is 17.9. The molecule has 0 aliphatic carbocycles. The summed E-state index contributed by atoms with van der Waals surface area (Å²) >= 11 is 0. The predicted octanol–water partition coefficient (Wildman–Crippen LogP) is 2.22. The van der Waals surface area contributed by atoms with E-state index in [4.69, 9.17) is 5.26 Å². The van der Waals surface area contributed by atoms with Gasteiger partial charge in [0.2, 0.25) is 5.91 Å².